The van der Waals surface area contributed by atoms with Crippen molar-refractivity contribution < 1.29 is 82.0 Å². The number of carboxylic acids is 2. The molecule has 0 saturated carbocycles. The Labute approximate surface area is 306 Å². The molecule has 0 saturated heterocycles. The maximum atomic E-state index is 11.1. The van der Waals surface area contributed by atoms with Gasteiger partial charge in [-0.15, -0.1) is 0 Å². The van der Waals surface area contributed by atoms with Gasteiger partial charge in [0.1, 0.15) is 6.61 Å². The van der Waals surface area contributed by atoms with Crippen molar-refractivity contribution in [2.24, 2.45) is 16.0 Å². The van der Waals surface area contributed by atoms with Crippen molar-refractivity contribution in [2.75, 3.05) is 40.6 Å². The summed E-state index contributed by atoms with van der Waals surface area (Å²) >= 11 is 4.10. The minimum atomic E-state index is -0.995. The second-order valence-electron chi connectivity index (χ2n) is 9.42. The van der Waals surface area contributed by atoms with Crippen LogP contribution in [0.25, 0.3) is 0 Å². The number of hydrogen-bond acceptors (Lipinski definition) is 18. The number of rotatable bonds is 14. The normalized spacial score (nSPS) is 13.5. The molecule has 23 nitrogen and oxygen atoms in total. The molecule has 0 aliphatic carbocycles. The molecule has 3 aliphatic heterocycles. The first-order chi connectivity index (χ1) is 25.0. The maximum absolute atomic E-state index is 11.1. The number of ether oxygens (including phenoxy) is 3. The molecular formula is C29H38N6O17S. The molecule has 3 rings (SSSR count). The van der Waals surface area contributed by atoms with Crippen molar-refractivity contribution in [2.45, 2.75) is 38.5 Å². The fraction of sp³-hybridized carbons (Fsp3) is 0.414. The molecule has 3 heterocycles. The fourth-order valence-corrected chi connectivity index (χ4v) is 3.38. The number of nitrogens with two attached hydrogens (primary N) is 2. The molecule has 24 heteroatoms. The summed E-state index contributed by atoms with van der Waals surface area (Å²) in [7, 11) is 2.32. The molecule has 0 atom stereocenters. The van der Waals surface area contributed by atoms with Crippen LogP contribution >= 0.6 is 0 Å². The maximum Gasteiger partial charge on any atom is 0.423 e. The summed E-state index contributed by atoms with van der Waals surface area (Å²) in [4.78, 5) is 123. The Morgan fingerprint density at radius 2 is 1.08 bits per heavy atom. The summed E-state index contributed by atoms with van der Waals surface area (Å²) in [5, 5.41) is 16.2. The Hall–Kier alpha value is -6.27. The average molecular weight is 775 g/mol. The number of carbonyl (C=O) groups is 11. The van der Waals surface area contributed by atoms with Gasteiger partial charge >= 0.3 is 30.1 Å². The Balaban J connectivity index is 0. The number of hydrogen-bond donors (Lipinski definition) is 4. The number of methoxy groups -OCH3 is 2. The van der Waals surface area contributed by atoms with Crippen LogP contribution in [0.4, 0.5) is 9.59 Å². The van der Waals surface area contributed by atoms with Crippen molar-refractivity contribution >= 4 is 78.0 Å². The van der Waals surface area contributed by atoms with Gasteiger partial charge in [-0.3, -0.25) is 43.4 Å². The van der Waals surface area contributed by atoms with Crippen LogP contribution in [0, 0.1) is 0 Å². The van der Waals surface area contributed by atoms with Crippen LogP contribution in [0.3, 0.4) is 0 Å². The molecule has 6 N–H and O–H groups in total. The summed E-state index contributed by atoms with van der Waals surface area (Å²) in [5.74, 6) is -4.94. The highest BCUT2D eigenvalue weighted by molar-refractivity contribution is 7.47. The van der Waals surface area contributed by atoms with Gasteiger partial charge in [0, 0.05) is 62.4 Å². The van der Waals surface area contributed by atoms with Crippen molar-refractivity contribution in [3.05, 3.63) is 36.5 Å². The first-order valence-corrected chi connectivity index (χ1v) is 15.1. The van der Waals surface area contributed by atoms with Crippen molar-refractivity contribution in [3.8, 4) is 0 Å². The molecular weight excluding hydrogens is 736 g/mol. The molecule has 292 valence electrons. The van der Waals surface area contributed by atoms with Gasteiger partial charge in [0.15, 0.2) is 0 Å². The summed E-state index contributed by atoms with van der Waals surface area (Å²) in [6, 6.07) is 0. The molecule has 3 aliphatic rings. The third kappa shape index (κ3) is 22.9. The molecule has 0 unspecified atom stereocenters. The summed E-state index contributed by atoms with van der Waals surface area (Å²) in [6.45, 7) is 0.268. The lowest BCUT2D eigenvalue weighted by molar-refractivity contribution is -0.144. The van der Waals surface area contributed by atoms with E-state index in [2.05, 4.69) is 41.7 Å². The Kier molecular flexibility index (Phi) is 26.2. The lowest BCUT2D eigenvalue weighted by Crippen LogP contribution is -2.35. The van der Waals surface area contributed by atoms with E-state index in [1.54, 1.807) is 0 Å². The molecule has 53 heavy (non-hydrogen) atoms. The van der Waals surface area contributed by atoms with E-state index >= 15 is 0 Å². The zero-order valence-electron chi connectivity index (χ0n) is 28.4. The van der Waals surface area contributed by atoms with Gasteiger partial charge in [-0.05, 0) is 30.2 Å². The van der Waals surface area contributed by atoms with Crippen LogP contribution in [0.15, 0.2) is 41.0 Å². The van der Waals surface area contributed by atoms with Gasteiger partial charge in [-0.25, -0.2) is 19.2 Å². The third-order valence-corrected chi connectivity index (χ3v) is 5.76. The third-order valence-electron chi connectivity index (χ3n) is 5.69. The number of primary amides is 1. The van der Waals surface area contributed by atoms with Gasteiger partial charge in [-0.1, -0.05) is 0 Å². The fourth-order valence-electron chi connectivity index (χ4n) is 3.29. The number of carboxylic acid groups (broad SMARTS) is 2. The van der Waals surface area contributed by atoms with Crippen molar-refractivity contribution in [3.63, 3.8) is 0 Å². The van der Waals surface area contributed by atoms with Crippen molar-refractivity contribution in [1.29, 1.82) is 0 Å². The number of imide groups is 5. The summed E-state index contributed by atoms with van der Waals surface area (Å²) in [5.41, 5.74) is 9.22. The van der Waals surface area contributed by atoms with Crippen LogP contribution in [-0.2, 0) is 74.6 Å². The van der Waals surface area contributed by atoms with E-state index in [0.29, 0.717) is 43.7 Å². The van der Waals surface area contributed by atoms with Crippen molar-refractivity contribution in [1.82, 2.24) is 14.7 Å². The number of unbranched alkanes of at least 4 members (excludes halogenated alkanes) is 2. The van der Waals surface area contributed by atoms with E-state index in [1.807, 2.05) is 0 Å². The van der Waals surface area contributed by atoms with Gasteiger partial charge in [0.05, 0.1) is 33.4 Å². The molecule has 0 radical (unpaired) electrons. The minimum absolute atomic E-state index is 0.0354. The zero-order valence-corrected chi connectivity index (χ0v) is 29.2. The number of amides is 8. The Morgan fingerprint density at radius 1 is 0.679 bits per heavy atom. The van der Waals surface area contributed by atoms with Gasteiger partial charge in [0.2, 0.25) is 0 Å². The SMILES string of the molecule is COC(=O)N1C(=O)C=CC1=O.COC(N)=O.NCOCC(=O)O.O=C(CCCCN1C(=O)C=CC1=O)ON=S.O=C(O)CCCCN1C(=O)C=CC1=O. The Bertz CT molecular complexity index is 1410. The van der Waals surface area contributed by atoms with Crippen LogP contribution in [0.1, 0.15) is 38.5 Å². The minimum Gasteiger partial charge on any atom is -0.481 e. The molecule has 0 aromatic rings. The van der Waals surface area contributed by atoms with E-state index in [9.17, 15) is 52.7 Å². The van der Waals surface area contributed by atoms with Crippen LogP contribution in [0.2, 0.25) is 0 Å². The standard InChI is InChI=1S/C9H10N2O4S.C9H11NO4.C6H5NO4.C3H7NO3.C2H5NO2/c12-7-4-5-8(13)11(7)6-2-1-3-9(14)15-10-16;11-7-4-5-8(12)10(7)6-2-1-3-9(13)14;1-11-6(10)7-4(8)2-3-5(7)9;4-2-7-1-3(5)6;1-5-2(3)4/h4-5H,1-3,6H2;4-5H,1-3,6H2,(H,13,14);2-3H,1H3;1-2,4H2,(H,5,6);1H3,(H2,3,4). The highest BCUT2D eigenvalue weighted by atomic mass is 32.1. The van der Waals surface area contributed by atoms with E-state index in [-0.39, 0.29) is 49.8 Å². The number of nitrogens with zero attached hydrogens (tertiary/aromatic N) is 4. The number of aliphatic carboxylic acids is 2. The smallest absolute Gasteiger partial charge is 0.423 e. The monoisotopic (exact) mass is 774 g/mol. The molecule has 0 aromatic carbocycles. The lowest BCUT2D eigenvalue weighted by Gasteiger charge is -2.12. The molecule has 0 aromatic heterocycles. The highest BCUT2D eigenvalue weighted by Crippen LogP contribution is 2.08. The van der Waals surface area contributed by atoms with E-state index < -0.39 is 41.9 Å². The van der Waals surface area contributed by atoms with E-state index in [0.717, 1.165) is 29.1 Å². The first kappa shape index (κ1) is 48.8. The number of carbonyl (C=O) groups excluding carboxylic acids is 9. The molecule has 0 spiro atoms. The molecule has 0 fully saturated rings. The van der Waals surface area contributed by atoms with Gasteiger partial charge in [-0.2, -0.15) is 4.90 Å². The van der Waals surface area contributed by atoms with Crippen LogP contribution in [-0.4, -0.2) is 131 Å². The quantitative estimate of drug-likeness (QED) is 0.0699. The summed E-state index contributed by atoms with van der Waals surface area (Å²) in [6.07, 6.45) is 7.55. The second-order valence-corrected chi connectivity index (χ2v) is 9.57. The van der Waals surface area contributed by atoms with E-state index in [1.165, 1.54) is 31.4 Å². The van der Waals surface area contributed by atoms with Crippen LogP contribution in [0.5, 0.6) is 0 Å². The van der Waals surface area contributed by atoms with Crippen LogP contribution < -0.4 is 11.5 Å². The Morgan fingerprint density at radius 3 is 1.38 bits per heavy atom. The molecule has 0 bridgehead atoms. The summed E-state index contributed by atoms with van der Waals surface area (Å²) < 4.78 is 15.2. The first-order valence-electron chi connectivity index (χ1n) is 14.8. The predicted molar refractivity (Wildman–Crippen MR) is 176 cm³/mol. The largest absolute Gasteiger partial charge is 0.481 e. The van der Waals surface area contributed by atoms with E-state index in [4.69, 9.17) is 15.9 Å². The topological polar surface area (TPSA) is 339 Å². The van der Waals surface area contributed by atoms with Gasteiger partial charge < -0.3 is 40.7 Å². The lowest BCUT2D eigenvalue weighted by atomic mass is 10.2. The second kappa shape index (κ2) is 28.4. The molecule has 8 amide bonds. The average Bonchev–Trinajstić information content (AvgIpc) is 3.74. The highest BCUT2D eigenvalue weighted by Gasteiger charge is 2.30. The zero-order chi connectivity index (χ0) is 40.9. The van der Waals surface area contributed by atoms with Gasteiger partial charge in [0.25, 0.3) is 35.4 Å². The predicted octanol–water partition coefficient (Wildman–Crippen LogP) is -1.17.